The minimum Gasteiger partial charge on any atom is -0.497 e. The molecule has 0 heterocycles. The van der Waals surface area contributed by atoms with Gasteiger partial charge in [-0.3, -0.25) is 13.9 Å². The van der Waals surface area contributed by atoms with Gasteiger partial charge in [0.2, 0.25) is 11.8 Å². The number of nitrogens with one attached hydrogen (secondary N) is 1. The van der Waals surface area contributed by atoms with Crippen LogP contribution in [0.4, 0.5) is 5.69 Å². The Kier molecular flexibility index (Phi) is 10.7. The summed E-state index contributed by atoms with van der Waals surface area (Å²) in [7, 11) is -2.51. The number of benzene rings is 3. The fourth-order valence-corrected chi connectivity index (χ4v) is 5.66. The molecule has 0 aliphatic heterocycles. The lowest BCUT2D eigenvalue weighted by Crippen LogP contribution is -2.52. The van der Waals surface area contributed by atoms with Crippen LogP contribution in [0.15, 0.2) is 83.8 Å². The van der Waals surface area contributed by atoms with E-state index < -0.39 is 28.5 Å². The maximum Gasteiger partial charge on any atom is 0.264 e. The molecule has 0 spiro atoms. The van der Waals surface area contributed by atoms with Crippen LogP contribution in [0, 0.1) is 12.8 Å². The molecule has 3 aromatic carbocycles. The first-order chi connectivity index (χ1) is 19.1. The summed E-state index contributed by atoms with van der Waals surface area (Å²) in [5, 5.41) is 2.94. The third-order valence-corrected chi connectivity index (χ3v) is 8.30. The first kappa shape index (κ1) is 30.7. The number of anilines is 1. The average Bonchev–Trinajstić information content (AvgIpc) is 2.95. The van der Waals surface area contributed by atoms with E-state index >= 15 is 0 Å². The average molecular weight is 566 g/mol. The normalized spacial score (nSPS) is 12.1. The van der Waals surface area contributed by atoms with E-state index in [1.54, 1.807) is 61.7 Å². The molecule has 0 aromatic heterocycles. The van der Waals surface area contributed by atoms with Crippen molar-refractivity contribution in [3.63, 3.8) is 0 Å². The number of amides is 2. The summed E-state index contributed by atoms with van der Waals surface area (Å²) >= 11 is 0. The highest BCUT2D eigenvalue weighted by Crippen LogP contribution is 2.25. The van der Waals surface area contributed by atoms with Crippen molar-refractivity contribution in [1.29, 1.82) is 0 Å². The number of sulfonamides is 1. The second-order valence-electron chi connectivity index (χ2n) is 10.1. The Labute approximate surface area is 238 Å². The SMILES string of the molecule is CCC(C(=O)NCC(C)C)N(Cc1ccc(OC)cc1)C(=O)CN(c1ccc(C)cc1)S(=O)(=O)c1ccccc1. The van der Waals surface area contributed by atoms with Crippen molar-refractivity contribution >= 4 is 27.5 Å². The van der Waals surface area contributed by atoms with Gasteiger partial charge in [0, 0.05) is 13.1 Å². The Morgan fingerprint density at radius 1 is 0.925 bits per heavy atom. The number of hydrogen-bond donors (Lipinski definition) is 1. The lowest BCUT2D eigenvalue weighted by Gasteiger charge is -2.33. The first-order valence-corrected chi connectivity index (χ1v) is 14.8. The van der Waals surface area contributed by atoms with Gasteiger partial charge in [0.25, 0.3) is 10.0 Å². The van der Waals surface area contributed by atoms with E-state index in [1.807, 2.05) is 39.8 Å². The fraction of sp³-hybridized carbons (Fsp3) is 0.355. The number of methoxy groups -OCH3 is 1. The van der Waals surface area contributed by atoms with Crippen molar-refractivity contribution in [2.75, 3.05) is 24.5 Å². The van der Waals surface area contributed by atoms with Crippen molar-refractivity contribution in [3.8, 4) is 5.75 Å². The monoisotopic (exact) mass is 565 g/mol. The number of carbonyl (C=O) groups is 2. The number of hydrogen-bond acceptors (Lipinski definition) is 5. The van der Waals surface area contributed by atoms with Crippen LogP contribution in [0.2, 0.25) is 0 Å². The summed E-state index contributed by atoms with van der Waals surface area (Å²) in [4.78, 5) is 28.9. The molecule has 0 fully saturated rings. The van der Waals surface area contributed by atoms with Gasteiger partial charge in [-0.05, 0) is 61.2 Å². The van der Waals surface area contributed by atoms with Crippen LogP contribution in [0.5, 0.6) is 5.75 Å². The molecule has 9 heteroatoms. The molecular formula is C31H39N3O5S. The highest BCUT2D eigenvalue weighted by Gasteiger charge is 2.33. The van der Waals surface area contributed by atoms with Crippen LogP contribution in [-0.4, -0.2) is 51.4 Å². The third-order valence-electron chi connectivity index (χ3n) is 6.51. The highest BCUT2D eigenvalue weighted by atomic mass is 32.2. The smallest absolute Gasteiger partial charge is 0.264 e. The largest absolute Gasteiger partial charge is 0.497 e. The van der Waals surface area contributed by atoms with Crippen molar-refractivity contribution in [2.24, 2.45) is 5.92 Å². The number of carbonyl (C=O) groups excluding carboxylic acids is 2. The number of aryl methyl sites for hydroxylation is 1. The summed E-state index contributed by atoms with van der Waals surface area (Å²) in [6.07, 6.45) is 0.363. The number of nitrogens with zero attached hydrogens (tertiary/aromatic N) is 2. The molecule has 3 aromatic rings. The van der Waals surface area contributed by atoms with Gasteiger partial charge in [-0.15, -0.1) is 0 Å². The van der Waals surface area contributed by atoms with Crippen molar-refractivity contribution in [1.82, 2.24) is 10.2 Å². The van der Waals surface area contributed by atoms with Gasteiger partial charge in [0.15, 0.2) is 0 Å². The van der Waals surface area contributed by atoms with Crippen molar-refractivity contribution in [2.45, 2.75) is 51.6 Å². The van der Waals surface area contributed by atoms with E-state index in [2.05, 4.69) is 5.32 Å². The predicted molar refractivity (Wildman–Crippen MR) is 158 cm³/mol. The molecular weight excluding hydrogens is 526 g/mol. The topological polar surface area (TPSA) is 96.0 Å². The Bertz CT molecular complexity index is 1360. The second kappa shape index (κ2) is 14.0. The van der Waals surface area contributed by atoms with E-state index in [0.717, 1.165) is 15.4 Å². The molecule has 8 nitrogen and oxygen atoms in total. The van der Waals surface area contributed by atoms with Gasteiger partial charge >= 0.3 is 0 Å². The Balaban J connectivity index is 2.02. The summed E-state index contributed by atoms with van der Waals surface area (Å²) in [5.74, 6) is 0.149. The van der Waals surface area contributed by atoms with Crippen LogP contribution < -0.4 is 14.4 Å². The van der Waals surface area contributed by atoms with Crippen LogP contribution in [0.3, 0.4) is 0 Å². The summed E-state index contributed by atoms with van der Waals surface area (Å²) in [6.45, 7) is 7.87. The van der Waals surface area contributed by atoms with Gasteiger partial charge < -0.3 is 15.0 Å². The van der Waals surface area contributed by atoms with Crippen LogP contribution in [0.25, 0.3) is 0 Å². The zero-order valence-electron chi connectivity index (χ0n) is 23.8. The van der Waals surface area contributed by atoms with E-state index in [-0.39, 0.29) is 23.3 Å². The molecule has 3 rings (SSSR count). The van der Waals surface area contributed by atoms with Gasteiger partial charge in [-0.2, -0.15) is 0 Å². The number of rotatable bonds is 13. The molecule has 1 atom stereocenters. The molecule has 0 aliphatic rings. The molecule has 1 unspecified atom stereocenters. The number of ether oxygens (including phenoxy) is 1. The predicted octanol–water partition coefficient (Wildman–Crippen LogP) is 4.78. The highest BCUT2D eigenvalue weighted by molar-refractivity contribution is 7.92. The van der Waals surface area contributed by atoms with Crippen molar-refractivity contribution in [3.05, 3.63) is 90.0 Å². The van der Waals surface area contributed by atoms with Crippen LogP contribution in [-0.2, 0) is 26.2 Å². The quantitative estimate of drug-likeness (QED) is 0.322. The Morgan fingerprint density at radius 3 is 2.10 bits per heavy atom. The van der Waals surface area contributed by atoms with Crippen molar-refractivity contribution < 1.29 is 22.7 Å². The summed E-state index contributed by atoms with van der Waals surface area (Å²) in [5.41, 5.74) is 2.11. The standard InChI is InChI=1S/C31H39N3O5S/c1-6-29(31(36)32-20-23(2)3)33(21-25-14-18-27(39-5)19-15-25)30(35)22-34(26-16-12-24(4)13-17-26)40(37,38)28-10-8-7-9-11-28/h7-19,23,29H,6,20-22H2,1-5H3,(H,32,36). The van der Waals surface area contributed by atoms with E-state index in [0.29, 0.717) is 24.4 Å². The molecule has 0 aliphatic carbocycles. The third kappa shape index (κ3) is 7.85. The Hall–Kier alpha value is -3.85. The maximum atomic E-state index is 14.1. The van der Waals surface area contributed by atoms with Crippen LogP contribution >= 0.6 is 0 Å². The first-order valence-electron chi connectivity index (χ1n) is 13.4. The van der Waals surface area contributed by atoms with E-state index in [4.69, 9.17) is 4.74 Å². The molecule has 0 bridgehead atoms. The molecule has 40 heavy (non-hydrogen) atoms. The molecule has 1 N–H and O–H groups in total. The van der Waals surface area contributed by atoms with Gasteiger partial charge in [-0.1, -0.05) is 68.8 Å². The zero-order valence-corrected chi connectivity index (χ0v) is 24.6. The van der Waals surface area contributed by atoms with Gasteiger partial charge in [0.1, 0.15) is 18.3 Å². The van der Waals surface area contributed by atoms with Gasteiger partial charge in [-0.25, -0.2) is 8.42 Å². The fourth-order valence-electron chi connectivity index (χ4n) is 4.23. The minimum absolute atomic E-state index is 0.0757. The Morgan fingerprint density at radius 2 is 1.55 bits per heavy atom. The molecule has 2 amide bonds. The lowest BCUT2D eigenvalue weighted by atomic mass is 10.1. The molecule has 0 saturated carbocycles. The van der Waals surface area contributed by atoms with Crippen LogP contribution in [0.1, 0.15) is 38.3 Å². The molecule has 0 radical (unpaired) electrons. The maximum absolute atomic E-state index is 14.1. The summed E-state index contributed by atoms with van der Waals surface area (Å²) < 4.78 is 34.0. The summed E-state index contributed by atoms with van der Waals surface area (Å²) in [6, 6.07) is 21.5. The van der Waals surface area contributed by atoms with Gasteiger partial charge in [0.05, 0.1) is 17.7 Å². The zero-order chi connectivity index (χ0) is 29.3. The lowest BCUT2D eigenvalue weighted by molar-refractivity contribution is -0.140. The molecule has 0 saturated heterocycles. The second-order valence-corrected chi connectivity index (χ2v) is 12.0. The van der Waals surface area contributed by atoms with E-state index in [9.17, 15) is 18.0 Å². The van der Waals surface area contributed by atoms with E-state index in [1.165, 1.54) is 17.0 Å². The molecule has 214 valence electrons. The minimum atomic E-state index is -4.08.